The lowest BCUT2D eigenvalue weighted by Crippen LogP contribution is -2.02. The fourth-order valence-electron chi connectivity index (χ4n) is 2.33. The fraction of sp³-hybridized carbons (Fsp3) is 0.111. The summed E-state index contributed by atoms with van der Waals surface area (Å²) in [6, 6.07) is 17.1. The molecule has 1 N–H and O–H groups in total. The maximum Gasteiger partial charge on any atom is 0.154 e. The summed E-state index contributed by atoms with van der Waals surface area (Å²) in [5.41, 5.74) is 3.43. The number of benzene rings is 1. The third kappa shape index (κ3) is 2.91. The van der Waals surface area contributed by atoms with Crippen molar-refractivity contribution < 1.29 is 5.11 Å². The smallest absolute Gasteiger partial charge is 0.154 e. The van der Waals surface area contributed by atoms with Gasteiger partial charge in [-0.2, -0.15) is 5.10 Å². The van der Waals surface area contributed by atoms with Gasteiger partial charge in [0, 0.05) is 17.3 Å². The van der Waals surface area contributed by atoms with Crippen LogP contribution in [0.3, 0.4) is 0 Å². The van der Waals surface area contributed by atoms with E-state index in [9.17, 15) is 5.11 Å². The van der Waals surface area contributed by atoms with Crippen LogP contribution in [0.25, 0.3) is 17.7 Å². The zero-order chi connectivity index (χ0) is 15.5. The number of aliphatic hydroxyl groups excluding tert-OH is 1. The molecule has 0 aliphatic carbocycles. The second kappa shape index (κ2) is 5.85. The van der Waals surface area contributed by atoms with Crippen LogP contribution in [-0.4, -0.2) is 19.9 Å². The van der Waals surface area contributed by atoms with Gasteiger partial charge in [-0.1, -0.05) is 36.4 Å². The Bertz CT molecular complexity index is 819. The maximum absolute atomic E-state index is 10.2. The molecule has 110 valence electrons. The summed E-state index contributed by atoms with van der Waals surface area (Å²) in [5, 5.41) is 14.6. The van der Waals surface area contributed by atoms with Crippen molar-refractivity contribution in [3.63, 3.8) is 0 Å². The van der Waals surface area contributed by atoms with Crippen LogP contribution in [0.5, 0.6) is 0 Å². The highest BCUT2D eigenvalue weighted by atomic mass is 16.3. The van der Waals surface area contributed by atoms with E-state index in [2.05, 4.69) is 10.1 Å². The van der Waals surface area contributed by atoms with Crippen molar-refractivity contribution in [3.05, 3.63) is 77.2 Å². The van der Waals surface area contributed by atoms with Crippen LogP contribution in [-0.2, 0) is 0 Å². The molecule has 0 aliphatic rings. The number of hydrogen-bond donors (Lipinski definition) is 1. The molecule has 0 saturated carbocycles. The lowest BCUT2D eigenvalue weighted by Gasteiger charge is -2.05. The first-order valence-electron chi connectivity index (χ1n) is 7.10. The van der Waals surface area contributed by atoms with Gasteiger partial charge in [-0.05, 0) is 32.0 Å². The molecule has 0 atom stereocenters. The second-order valence-electron chi connectivity index (χ2n) is 5.16. The van der Waals surface area contributed by atoms with Gasteiger partial charge in [0.05, 0.1) is 11.4 Å². The van der Waals surface area contributed by atoms with Gasteiger partial charge in [-0.15, -0.1) is 0 Å². The molecule has 3 rings (SSSR count). The summed E-state index contributed by atoms with van der Waals surface area (Å²) in [4.78, 5) is 4.55. The van der Waals surface area contributed by atoms with Crippen LogP contribution in [0.15, 0.2) is 54.6 Å². The number of aryl methyl sites for hydroxylation is 2. The molecular weight excluding hydrogens is 274 g/mol. The summed E-state index contributed by atoms with van der Waals surface area (Å²) < 4.78 is 1.80. The predicted molar refractivity (Wildman–Crippen MR) is 87.8 cm³/mol. The average Bonchev–Trinajstić information content (AvgIpc) is 2.87. The second-order valence-corrected chi connectivity index (χ2v) is 5.16. The first-order valence-corrected chi connectivity index (χ1v) is 7.10. The lowest BCUT2D eigenvalue weighted by atomic mass is 10.1. The van der Waals surface area contributed by atoms with Crippen LogP contribution in [0, 0.1) is 13.8 Å². The lowest BCUT2D eigenvalue weighted by molar-refractivity contribution is 0.515. The van der Waals surface area contributed by atoms with E-state index in [1.54, 1.807) is 10.8 Å². The zero-order valence-corrected chi connectivity index (χ0v) is 12.6. The monoisotopic (exact) mass is 291 g/mol. The topological polar surface area (TPSA) is 50.9 Å². The number of pyridine rings is 1. The average molecular weight is 291 g/mol. The highest BCUT2D eigenvalue weighted by Crippen LogP contribution is 2.16. The van der Waals surface area contributed by atoms with Crippen molar-refractivity contribution in [1.82, 2.24) is 14.8 Å². The van der Waals surface area contributed by atoms with Gasteiger partial charge < -0.3 is 5.11 Å². The minimum atomic E-state index is 0.193. The first kappa shape index (κ1) is 14.1. The third-order valence-corrected chi connectivity index (χ3v) is 3.34. The van der Waals surface area contributed by atoms with Crippen LogP contribution in [0.4, 0.5) is 0 Å². The van der Waals surface area contributed by atoms with Gasteiger partial charge in [-0.3, -0.25) is 0 Å². The van der Waals surface area contributed by atoms with Crippen molar-refractivity contribution in [2.45, 2.75) is 13.8 Å². The van der Waals surface area contributed by atoms with Crippen molar-refractivity contribution in [3.8, 4) is 5.82 Å². The molecule has 0 amide bonds. The van der Waals surface area contributed by atoms with Gasteiger partial charge >= 0.3 is 0 Å². The van der Waals surface area contributed by atoms with E-state index >= 15 is 0 Å². The Morgan fingerprint density at radius 1 is 1.05 bits per heavy atom. The van der Waals surface area contributed by atoms with E-state index < -0.39 is 0 Å². The molecule has 0 aliphatic heterocycles. The van der Waals surface area contributed by atoms with Gasteiger partial charge in [0.15, 0.2) is 5.82 Å². The van der Waals surface area contributed by atoms with Crippen molar-refractivity contribution in [2.75, 3.05) is 0 Å². The highest BCUT2D eigenvalue weighted by Gasteiger charge is 2.06. The van der Waals surface area contributed by atoms with E-state index in [-0.39, 0.29) is 5.76 Å². The molecule has 3 aromatic rings. The Labute approximate surface area is 129 Å². The van der Waals surface area contributed by atoms with E-state index in [1.807, 2.05) is 68.4 Å². The van der Waals surface area contributed by atoms with E-state index in [0.29, 0.717) is 5.69 Å². The van der Waals surface area contributed by atoms with Gasteiger partial charge in [-0.25, -0.2) is 9.67 Å². The van der Waals surface area contributed by atoms with Gasteiger partial charge in [0.2, 0.25) is 0 Å². The van der Waals surface area contributed by atoms with Crippen LogP contribution >= 0.6 is 0 Å². The predicted octanol–water partition coefficient (Wildman–Crippen LogP) is 3.94. The third-order valence-electron chi connectivity index (χ3n) is 3.34. The maximum atomic E-state index is 10.2. The molecule has 2 aromatic heterocycles. The summed E-state index contributed by atoms with van der Waals surface area (Å²) in [5.74, 6) is 0.929. The molecule has 0 unspecified atom stereocenters. The van der Waals surface area contributed by atoms with Crippen LogP contribution in [0.2, 0.25) is 0 Å². The fourth-order valence-corrected chi connectivity index (χ4v) is 2.33. The standard InChI is InChI=1S/C18H17N3O/c1-13-11-14(2)21(20-13)18-10-6-9-16(19-18)12-17(22)15-7-4-3-5-8-15/h3-12,22H,1-2H3/b17-12-. The first-order chi connectivity index (χ1) is 10.6. The molecular formula is C18H17N3O. The largest absolute Gasteiger partial charge is 0.507 e. The van der Waals surface area contributed by atoms with E-state index in [0.717, 1.165) is 22.8 Å². The number of nitrogens with zero attached hydrogens (tertiary/aromatic N) is 3. The number of hydrogen-bond acceptors (Lipinski definition) is 3. The summed E-state index contributed by atoms with van der Waals surface area (Å²) in [7, 11) is 0. The Morgan fingerprint density at radius 3 is 2.50 bits per heavy atom. The van der Waals surface area contributed by atoms with Gasteiger partial charge in [0.1, 0.15) is 5.76 Å². The molecule has 4 nitrogen and oxygen atoms in total. The van der Waals surface area contributed by atoms with E-state index in [4.69, 9.17) is 0 Å². The Balaban J connectivity index is 1.97. The summed E-state index contributed by atoms with van der Waals surface area (Å²) >= 11 is 0. The molecule has 2 heterocycles. The number of aromatic nitrogens is 3. The van der Waals surface area contributed by atoms with Gasteiger partial charge in [0.25, 0.3) is 0 Å². The molecule has 0 bridgehead atoms. The SMILES string of the molecule is Cc1cc(C)n(-c2cccc(/C=C(\O)c3ccccc3)n2)n1. The number of rotatable bonds is 3. The molecule has 22 heavy (non-hydrogen) atoms. The molecule has 1 aromatic carbocycles. The van der Waals surface area contributed by atoms with E-state index in [1.165, 1.54) is 0 Å². The molecule has 4 heteroatoms. The normalized spacial score (nSPS) is 11.6. The molecule has 0 spiro atoms. The molecule has 0 fully saturated rings. The van der Waals surface area contributed by atoms with Crippen molar-refractivity contribution in [2.24, 2.45) is 0 Å². The summed E-state index contributed by atoms with van der Waals surface area (Å²) in [6.45, 7) is 3.94. The van der Waals surface area contributed by atoms with Crippen LogP contribution < -0.4 is 0 Å². The Kier molecular flexibility index (Phi) is 3.74. The summed E-state index contributed by atoms with van der Waals surface area (Å²) in [6.07, 6.45) is 1.66. The van der Waals surface area contributed by atoms with Crippen molar-refractivity contribution in [1.29, 1.82) is 0 Å². The Hall–Kier alpha value is -2.88. The minimum Gasteiger partial charge on any atom is -0.507 e. The molecule has 0 radical (unpaired) electrons. The quantitative estimate of drug-likeness (QED) is 0.744. The Morgan fingerprint density at radius 2 is 1.82 bits per heavy atom. The minimum absolute atomic E-state index is 0.193. The van der Waals surface area contributed by atoms with Crippen molar-refractivity contribution >= 4 is 11.8 Å². The number of aliphatic hydroxyl groups is 1. The van der Waals surface area contributed by atoms with Crippen LogP contribution in [0.1, 0.15) is 22.6 Å². The zero-order valence-electron chi connectivity index (χ0n) is 12.6. The highest BCUT2D eigenvalue weighted by molar-refractivity contribution is 5.75. The molecule has 0 saturated heterocycles.